The van der Waals surface area contributed by atoms with Crippen LogP contribution in [0.15, 0.2) is 46.9 Å². The first-order chi connectivity index (χ1) is 9.74. The Morgan fingerprint density at radius 1 is 1.15 bits per heavy atom. The van der Waals surface area contributed by atoms with E-state index in [1.807, 2.05) is 30.3 Å². The van der Waals surface area contributed by atoms with E-state index in [2.05, 4.69) is 29.4 Å². The summed E-state index contributed by atoms with van der Waals surface area (Å²) in [4.78, 5) is 4.44. The van der Waals surface area contributed by atoms with Crippen LogP contribution in [0.1, 0.15) is 11.5 Å². The molecule has 0 amide bonds. The van der Waals surface area contributed by atoms with Crippen LogP contribution < -0.4 is 10.1 Å². The average molecular weight is 268 g/mol. The topological polar surface area (TPSA) is 47.3 Å². The zero-order valence-electron chi connectivity index (χ0n) is 11.5. The van der Waals surface area contributed by atoms with E-state index >= 15 is 0 Å². The number of ether oxygens (including phenoxy) is 1. The maximum absolute atomic E-state index is 5.70. The van der Waals surface area contributed by atoms with Crippen molar-refractivity contribution in [2.45, 2.75) is 13.5 Å². The summed E-state index contributed by atoms with van der Waals surface area (Å²) >= 11 is 0. The molecule has 0 aliphatic rings. The van der Waals surface area contributed by atoms with Gasteiger partial charge in [-0.05, 0) is 31.2 Å². The number of methoxy groups -OCH3 is 1. The number of rotatable bonds is 4. The van der Waals surface area contributed by atoms with Gasteiger partial charge in [-0.2, -0.15) is 0 Å². The molecule has 0 aliphatic heterocycles. The van der Waals surface area contributed by atoms with E-state index < -0.39 is 0 Å². The maximum atomic E-state index is 5.70. The van der Waals surface area contributed by atoms with Gasteiger partial charge in [-0.25, -0.2) is 4.98 Å². The number of nitrogens with one attached hydrogen (secondary N) is 1. The molecule has 0 spiro atoms. The molecule has 1 aromatic heterocycles. The summed E-state index contributed by atoms with van der Waals surface area (Å²) in [6.07, 6.45) is 0. The van der Waals surface area contributed by atoms with Gasteiger partial charge in [-0.15, -0.1) is 0 Å². The number of anilines is 1. The Balaban J connectivity index is 1.75. The summed E-state index contributed by atoms with van der Waals surface area (Å²) in [5, 5.41) is 3.29. The zero-order valence-corrected chi connectivity index (χ0v) is 11.5. The van der Waals surface area contributed by atoms with Crippen LogP contribution in [0.5, 0.6) is 5.75 Å². The SMILES string of the molecule is COc1ccc2nc(CNc3ccc(C)cc3)oc2c1. The lowest BCUT2D eigenvalue weighted by molar-refractivity contribution is 0.414. The Labute approximate surface area is 117 Å². The lowest BCUT2D eigenvalue weighted by atomic mass is 10.2. The smallest absolute Gasteiger partial charge is 0.214 e. The van der Waals surface area contributed by atoms with Crippen molar-refractivity contribution in [2.24, 2.45) is 0 Å². The largest absolute Gasteiger partial charge is 0.497 e. The van der Waals surface area contributed by atoms with Gasteiger partial charge in [0.1, 0.15) is 11.3 Å². The Hall–Kier alpha value is -2.49. The predicted octanol–water partition coefficient (Wildman–Crippen LogP) is 3.76. The van der Waals surface area contributed by atoms with Gasteiger partial charge in [-0.3, -0.25) is 0 Å². The molecule has 3 rings (SSSR count). The minimum atomic E-state index is 0.556. The molecule has 4 heteroatoms. The molecule has 0 bridgehead atoms. The second-order valence-corrected chi connectivity index (χ2v) is 4.66. The highest BCUT2D eigenvalue weighted by molar-refractivity contribution is 5.74. The summed E-state index contributed by atoms with van der Waals surface area (Å²) < 4.78 is 10.9. The van der Waals surface area contributed by atoms with E-state index in [1.165, 1.54) is 5.56 Å². The van der Waals surface area contributed by atoms with Crippen molar-refractivity contribution < 1.29 is 9.15 Å². The van der Waals surface area contributed by atoms with Gasteiger partial charge in [0.05, 0.1) is 13.7 Å². The van der Waals surface area contributed by atoms with Gasteiger partial charge in [0.2, 0.25) is 5.89 Å². The molecule has 4 nitrogen and oxygen atoms in total. The van der Waals surface area contributed by atoms with Gasteiger partial charge in [-0.1, -0.05) is 17.7 Å². The number of hydrogen-bond donors (Lipinski definition) is 1. The van der Waals surface area contributed by atoms with Crippen LogP contribution in [0, 0.1) is 6.92 Å². The molecule has 0 unspecified atom stereocenters. The second-order valence-electron chi connectivity index (χ2n) is 4.66. The predicted molar refractivity (Wildman–Crippen MR) is 79.1 cm³/mol. The molecule has 20 heavy (non-hydrogen) atoms. The number of oxazole rings is 1. The van der Waals surface area contributed by atoms with E-state index in [0.29, 0.717) is 12.4 Å². The van der Waals surface area contributed by atoms with Crippen molar-refractivity contribution in [3.63, 3.8) is 0 Å². The molecule has 102 valence electrons. The summed E-state index contributed by atoms with van der Waals surface area (Å²) in [5.41, 5.74) is 3.87. The number of aromatic nitrogens is 1. The highest BCUT2D eigenvalue weighted by Gasteiger charge is 2.06. The fraction of sp³-hybridized carbons (Fsp3) is 0.188. The number of hydrogen-bond acceptors (Lipinski definition) is 4. The summed E-state index contributed by atoms with van der Waals surface area (Å²) in [5.74, 6) is 1.43. The molecule has 1 N–H and O–H groups in total. The van der Waals surface area contributed by atoms with Gasteiger partial charge in [0.25, 0.3) is 0 Å². The van der Waals surface area contributed by atoms with E-state index in [-0.39, 0.29) is 0 Å². The molecule has 3 aromatic rings. The lowest BCUT2D eigenvalue weighted by Gasteiger charge is -2.03. The Bertz CT molecular complexity index is 717. The second kappa shape index (κ2) is 5.25. The third-order valence-electron chi connectivity index (χ3n) is 3.14. The highest BCUT2D eigenvalue weighted by atomic mass is 16.5. The normalized spacial score (nSPS) is 10.7. The molecule has 0 aliphatic carbocycles. The van der Waals surface area contributed by atoms with Crippen molar-refractivity contribution in [1.29, 1.82) is 0 Å². The van der Waals surface area contributed by atoms with Gasteiger partial charge < -0.3 is 14.5 Å². The minimum absolute atomic E-state index is 0.556. The first-order valence-electron chi connectivity index (χ1n) is 6.48. The Kier molecular flexibility index (Phi) is 3.29. The van der Waals surface area contributed by atoms with Crippen LogP contribution in [-0.4, -0.2) is 12.1 Å². The van der Waals surface area contributed by atoms with E-state index in [0.717, 1.165) is 22.5 Å². The average Bonchev–Trinajstić information content (AvgIpc) is 2.88. The number of aryl methyl sites for hydroxylation is 1. The van der Waals surface area contributed by atoms with Crippen LogP contribution in [0.2, 0.25) is 0 Å². The molecule has 0 radical (unpaired) electrons. The quantitative estimate of drug-likeness (QED) is 0.782. The fourth-order valence-corrected chi connectivity index (χ4v) is 2.00. The molecular weight excluding hydrogens is 252 g/mol. The van der Waals surface area contributed by atoms with Crippen molar-refractivity contribution >= 4 is 16.8 Å². The zero-order chi connectivity index (χ0) is 13.9. The number of benzene rings is 2. The van der Waals surface area contributed by atoms with Crippen molar-refractivity contribution in [3.05, 3.63) is 53.9 Å². The first kappa shape index (κ1) is 12.5. The first-order valence-corrected chi connectivity index (χ1v) is 6.48. The number of nitrogens with zero attached hydrogens (tertiary/aromatic N) is 1. The lowest BCUT2D eigenvalue weighted by Crippen LogP contribution is -1.99. The van der Waals surface area contributed by atoms with Crippen LogP contribution in [-0.2, 0) is 6.54 Å². The fourth-order valence-electron chi connectivity index (χ4n) is 2.00. The third-order valence-corrected chi connectivity index (χ3v) is 3.14. The van der Waals surface area contributed by atoms with Crippen molar-refractivity contribution in [1.82, 2.24) is 4.98 Å². The Morgan fingerprint density at radius 3 is 2.70 bits per heavy atom. The van der Waals surface area contributed by atoms with E-state index in [9.17, 15) is 0 Å². The van der Waals surface area contributed by atoms with Crippen molar-refractivity contribution in [2.75, 3.05) is 12.4 Å². The molecular formula is C16H16N2O2. The molecule has 0 saturated heterocycles. The van der Waals surface area contributed by atoms with Crippen LogP contribution >= 0.6 is 0 Å². The third kappa shape index (κ3) is 2.59. The van der Waals surface area contributed by atoms with Gasteiger partial charge in [0, 0.05) is 11.8 Å². The molecule has 0 atom stereocenters. The summed E-state index contributed by atoms with van der Waals surface area (Å²) in [7, 11) is 1.64. The highest BCUT2D eigenvalue weighted by Crippen LogP contribution is 2.22. The Morgan fingerprint density at radius 2 is 1.95 bits per heavy atom. The standard InChI is InChI=1S/C16H16N2O2/c1-11-3-5-12(6-4-11)17-10-16-18-14-8-7-13(19-2)9-15(14)20-16/h3-9,17H,10H2,1-2H3. The van der Waals surface area contributed by atoms with Crippen LogP contribution in [0.25, 0.3) is 11.1 Å². The van der Waals surface area contributed by atoms with Crippen LogP contribution in [0.3, 0.4) is 0 Å². The summed E-state index contributed by atoms with van der Waals surface area (Å²) in [6, 6.07) is 13.8. The molecule has 0 fully saturated rings. The minimum Gasteiger partial charge on any atom is -0.497 e. The van der Waals surface area contributed by atoms with Gasteiger partial charge in [0.15, 0.2) is 5.58 Å². The van der Waals surface area contributed by atoms with Gasteiger partial charge >= 0.3 is 0 Å². The molecule has 1 heterocycles. The molecule has 0 saturated carbocycles. The van der Waals surface area contributed by atoms with Crippen molar-refractivity contribution in [3.8, 4) is 5.75 Å². The van der Waals surface area contributed by atoms with Crippen LogP contribution in [0.4, 0.5) is 5.69 Å². The van der Waals surface area contributed by atoms with E-state index in [1.54, 1.807) is 7.11 Å². The molecule has 2 aromatic carbocycles. The number of fused-ring (bicyclic) bond motifs is 1. The summed E-state index contributed by atoms with van der Waals surface area (Å²) in [6.45, 7) is 2.62. The maximum Gasteiger partial charge on any atom is 0.214 e. The monoisotopic (exact) mass is 268 g/mol. The van der Waals surface area contributed by atoms with E-state index in [4.69, 9.17) is 9.15 Å².